The Balaban J connectivity index is 1.33. The summed E-state index contributed by atoms with van der Waals surface area (Å²) in [6.45, 7) is 2.43. The van der Waals surface area contributed by atoms with E-state index in [1.165, 1.54) is 24.0 Å². The van der Waals surface area contributed by atoms with Gasteiger partial charge in [-0.3, -0.25) is 0 Å². The SMILES string of the molecule is O=C(NCC1(c2ccccc2)CC1)N1CC[C@@H](c2ccccc2)C1. The second-order valence-electron chi connectivity index (χ2n) is 7.15. The van der Waals surface area contributed by atoms with E-state index in [9.17, 15) is 4.79 Å². The molecule has 1 saturated carbocycles. The van der Waals surface area contributed by atoms with Crippen molar-refractivity contribution in [2.24, 2.45) is 0 Å². The number of nitrogens with one attached hydrogen (secondary N) is 1. The fourth-order valence-electron chi connectivity index (χ4n) is 3.81. The minimum atomic E-state index is 0.0932. The molecule has 0 spiro atoms. The first kappa shape index (κ1) is 15.3. The molecule has 2 fully saturated rings. The second-order valence-corrected chi connectivity index (χ2v) is 7.15. The average Bonchev–Trinajstić information content (AvgIpc) is 3.28. The van der Waals surface area contributed by atoms with Gasteiger partial charge in [0.15, 0.2) is 0 Å². The number of amides is 2. The third kappa shape index (κ3) is 3.03. The van der Waals surface area contributed by atoms with Crippen LogP contribution in [0.25, 0.3) is 0 Å². The molecule has 2 aliphatic rings. The predicted molar refractivity (Wildman–Crippen MR) is 96.1 cm³/mol. The van der Waals surface area contributed by atoms with Crippen LogP contribution in [0.5, 0.6) is 0 Å². The van der Waals surface area contributed by atoms with E-state index >= 15 is 0 Å². The largest absolute Gasteiger partial charge is 0.337 e. The summed E-state index contributed by atoms with van der Waals surface area (Å²) in [6.07, 6.45) is 3.40. The molecule has 0 unspecified atom stereocenters. The lowest BCUT2D eigenvalue weighted by molar-refractivity contribution is 0.207. The fourth-order valence-corrected chi connectivity index (χ4v) is 3.81. The maximum atomic E-state index is 12.5. The van der Waals surface area contributed by atoms with Crippen molar-refractivity contribution in [3.05, 3.63) is 71.8 Å². The van der Waals surface area contributed by atoms with Gasteiger partial charge in [-0.2, -0.15) is 0 Å². The standard InChI is InChI=1S/C21H24N2O/c24-20(22-16-21(12-13-21)19-9-5-2-6-10-19)23-14-11-18(15-23)17-7-3-1-4-8-17/h1-10,18H,11-16H2,(H,22,24)/t18-/m1/s1. The summed E-state index contributed by atoms with van der Waals surface area (Å²) in [4.78, 5) is 14.5. The number of carbonyl (C=O) groups is 1. The van der Waals surface area contributed by atoms with Crippen molar-refractivity contribution in [2.75, 3.05) is 19.6 Å². The highest BCUT2D eigenvalue weighted by molar-refractivity contribution is 5.75. The van der Waals surface area contributed by atoms with Gasteiger partial charge in [0.2, 0.25) is 0 Å². The van der Waals surface area contributed by atoms with E-state index in [4.69, 9.17) is 0 Å². The van der Waals surface area contributed by atoms with E-state index in [0.717, 1.165) is 26.1 Å². The first-order chi connectivity index (χ1) is 11.8. The van der Waals surface area contributed by atoms with E-state index in [1.54, 1.807) is 0 Å². The molecule has 1 heterocycles. The Morgan fingerprint density at radius 1 is 1.04 bits per heavy atom. The zero-order chi connectivity index (χ0) is 16.4. The summed E-state index contributed by atoms with van der Waals surface area (Å²) in [7, 11) is 0. The quantitative estimate of drug-likeness (QED) is 0.910. The summed E-state index contributed by atoms with van der Waals surface area (Å²) in [6, 6.07) is 21.2. The van der Waals surface area contributed by atoms with Gasteiger partial charge in [0.05, 0.1) is 0 Å². The molecule has 4 rings (SSSR count). The summed E-state index contributed by atoms with van der Waals surface area (Å²) in [5.74, 6) is 0.473. The Kier molecular flexibility index (Phi) is 4.01. The smallest absolute Gasteiger partial charge is 0.317 e. The molecule has 24 heavy (non-hydrogen) atoms. The maximum absolute atomic E-state index is 12.5. The monoisotopic (exact) mass is 320 g/mol. The molecule has 2 aromatic carbocycles. The minimum absolute atomic E-state index is 0.0932. The highest BCUT2D eigenvalue weighted by Gasteiger charge is 2.44. The first-order valence-electron chi connectivity index (χ1n) is 8.90. The number of urea groups is 1. The van der Waals surface area contributed by atoms with Crippen LogP contribution >= 0.6 is 0 Å². The fraction of sp³-hybridized carbons (Fsp3) is 0.381. The molecule has 1 saturated heterocycles. The van der Waals surface area contributed by atoms with Crippen LogP contribution in [0.1, 0.15) is 36.3 Å². The van der Waals surface area contributed by atoms with Gasteiger partial charge in [-0.1, -0.05) is 60.7 Å². The molecular weight excluding hydrogens is 296 g/mol. The van der Waals surface area contributed by atoms with Crippen LogP contribution in [0.3, 0.4) is 0 Å². The number of rotatable bonds is 4. The lowest BCUT2D eigenvalue weighted by Gasteiger charge is -2.21. The van der Waals surface area contributed by atoms with Crippen LogP contribution in [0.4, 0.5) is 4.79 Å². The third-order valence-electron chi connectivity index (χ3n) is 5.56. The Morgan fingerprint density at radius 3 is 2.38 bits per heavy atom. The predicted octanol–water partition coefficient (Wildman–Crippen LogP) is 3.92. The van der Waals surface area contributed by atoms with E-state index in [2.05, 4.69) is 53.8 Å². The van der Waals surface area contributed by atoms with Crippen molar-refractivity contribution in [1.82, 2.24) is 10.2 Å². The lowest BCUT2D eigenvalue weighted by atomic mass is 9.96. The van der Waals surface area contributed by atoms with Gasteiger partial charge < -0.3 is 10.2 Å². The van der Waals surface area contributed by atoms with Crippen molar-refractivity contribution in [3.63, 3.8) is 0 Å². The molecule has 3 heteroatoms. The summed E-state index contributed by atoms with van der Waals surface area (Å²) >= 11 is 0. The zero-order valence-corrected chi connectivity index (χ0v) is 13.9. The zero-order valence-electron chi connectivity index (χ0n) is 13.9. The Morgan fingerprint density at radius 2 is 1.71 bits per heavy atom. The van der Waals surface area contributed by atoms with E-state index < -0.39 is 0 Å². The third-order valence-corrected chi connectivity index (χ3v) is 5.56. The average molecular weight is 320 g/mol. The minimum Gasteiger partial charge on any atom is -0.337 e. The molecule has 0 bridgehead atoms. The Hall–Kier alpha value is -2.29. The van der Waals surface area contributed by atoms with E-state index in [0.29, 0.717) is 5.92 Å². The molecule has 1 aliphatic carbocycles. The van der Waals surface area contributed by atoms with Crippen molar-refractivity contribution in [2.45, 2.75) is 30.6 Å². The van der Waals surface area contributed by atoms with Crippen molar-refractivity contribution in [1.29, 1.82) is 0 Å². The molecule has 0 radical (unpaired) electrons. The van der Waals surface area contributed by atoms with Gasteiger partial charge in [-0.25, -0.2) is 4.79 Å². The number of hydrogen-bond acceptors (Lipinski definition) is 1. The van der Waals surface area contributed by atoms with Gasteiger partial charge >= 0.3 is 6.03 Å². The normalized spacial score (nSPS) is 21.5. The second kappa shape index (κ2) is 6.31. The molecule has 0 aromatic heterocycles. The molecular formula is C21H24N2O. The van der Waals surface area contributed by atoms with Crippen LogP contribution < -0.4 is 5.32 Å². The van der Waals surface area contributed by atoms with Crippen molar-refractivity contribution in [3.8, 4) is 0 Å². The highest BCUT2D eigenvalue weighted by atomic mass is 16.2. The molecule has 2 amide bonds. The number of nitrogens with zero attached hydrogens (tertiary/aromatic N) is 1. The maximum Gasteiger partial charge on any atom is 0.317 e. The highest BCUT2D eigenvalue weighted by Crippen LogP contribution is 2.47. The Bertz CT molecular complexity index is 694. The molecule has 124 valence electrons. The van der Waals surface area contributed by atoms with Crippen LogP contribution in [0, 0.1) is 0 Å². The topological polar surface area (TPSA) is 32.3 Å². The summed E-state index contributed by atoms with van der Waals surface area (Å²) in [5, 5.41) is 3.18. The lowest BCUT2D eigenvalue weighted by Crippen LogP contribution is -2.41. The van der Waals surface area contributed by atoms with Crippen LogP contribution in [0.15, 0.2) is 60.7 Å². The molecule has 1 atom stereocenters. The number of likely N-dealkylation sites (tertiary alicyclic amines) is 1. The van der Waals surface area contributed by atoms with E-state index in [1.807, 2.05) is 17.0 Å². The van der Waals surface area contributed by atoms with Gasteiger partial charge in [0.1, 0.15) is 0 Å². The number of benzene rings is 2. The van der Waals surface area contributed by atoms with Gasteiger partial charge in [-0.15, -0.1) is 0 Å². The van der Waals surface area contributed by atoms with E-state index in [-0.39, 0.29) is 11.4 Å². The Labute approximate surface area is 143 Å². The van der Waals surface area contributed by atoms with Crippen molar-refractivity contribution >= 4 is 6.03 Å². The van der Waals surface area contributed by atoms with Gasteiger partial charge in [-0.05, 0) is 30.4 Å². The van der Waals surface area contributed by atoms with Crippen LogP contribution in [-0.2, 0) is 5.41 Å². The summed E-state index contributed by atoms with van der Waals surface area (Å²) < 4.78 is 0. The molecule has 1 N–H and O–H groups in total. The number of carbonyl (C=O) groups excluding carboxylic acids is 1. The van der Waals surface area contributed by atoms with Crippen LogP contribution in [0.2, 0.25) is 0 Å². The van der Waals surface area contributed by atoms with Gasteiger partial charge in [0.25, 0.3) is 0 Å². The van der Waals surface area contributed by atoms with Crippen molar-refractivity contribution < 1.29 is 4.79 Å². The molecule has 3 nitrogen and oxygen atoms in total. The summed E-state index contributed by atoms with van der Waals surface area (Å²) in [5.41, 5.74) is 2.87. The van der Waals surface area contributed by atoms with Gasteiger partial charge in [0, 0.05) is 31.0 Å². The first-order valence-corrected chi connectivity index (χ1v) is 8.90. The van der Waals surface area contributed by atoms with Crippen LogP contribution in [-0.4, -0.2) is 30.6 Å². The molecule has 2 aromatic rings. The molecule has 1 aliphatic heterocycles. The number of hydrogen-bond donors (Lipinski definition) is 1.